The van der Waals surface area contributed by atoms with E-state index in [4.69, 9.17) is 11.6 Å². The monoisotopic (exact) mass is 477 g/mol. The van der Waals surface area contributed by atoms with E-state index >= 15 is 0 Å². The van der Waals surface area contributed by atoms with Crippen molar-refractivity contribution in [3.8, 4) is 11.5 Å². The van der Waals surface area contributed by atoms with E-state index in [-0.39, 0.29) is 77.0 Å². The third-order valence-electron chi connectivity index (χ3n) is 3.67. The van der Waals surface area contributed by atoms with Crippen LogP contribution in [0.4, 0.5) is 0 Å². The molecule has 9 heteroatoms. The molecule has 23 heavy (non-hydrogen) atoms. The van der Waals surface area contributed by atoms with Gasteiger partial charge in [-0.2, -0.15) is 0 Å². The van der Waals surface area contributed by atoms with Gasteiger partial charge >= 0.3 is 29.6 Å². The Balaban J connectivity index is 0.00000132. The number of halogens is 2. The van der Waals surface area contributed by atoms with E-state index < -0.39 is 0 Å². The first-order chi connectivity index (χ1) is 9.97. The Morgan fingerprint density at radius 1 is 1.22 bits per heavy atom. The van der Waals surface area contributed by atoms with Crippen LogP contribution in [0.25, 0.3) is 10.1 Å². The number of carbonyl (C=O) groups is 1. The predicted octanol–water partition coefficient (Wildman–Crippen LogP) is -3.43. The Labute approximate surface area is 181 Å². The second kappa shape index (κ2) is 8.55. The number of aliphatic hydroxyl groups is 1. The summed E-state index contributed by atoms with van der Waals surface area (Å²) < 4.78 is 0.649. The van der Waals surface area contributed by atoms with Crippen LogP contribution >= 0.6 is 22.9 Å². The van der Waals surface area contributed by atoms with E-state index in [1.165, 1.54) is 23.5 Å². The van der Waals surface area contributed by atoms with E-state index in [0.717, 1.165) is 0 Å². The fraction of sp³-hybridized carbons (Fsp3) is 0.357. The van der Waals surface area contributed by atoms with Crippen LogP contribution in [-0.4, -0.2) is 45.3 Å². The van der Waals surface area contributed by atoms with Gasteiger partial charge in [0.25, 0.3) is 5.91 Å². The fourth-order valence-corrected chi connectivity index (χ4v) is 3.93. The van der Waals surface area contributed by atoms with Crippen molar-refractivity contribution in [2.24, 2.45) is 0 Å². The van der Waals surface area contributed by atoms with E-state index in [0.29, 0.717) is 45.9 Å². The number of hydrogen-bond donors (Lipinski definition) is 3. The van der Waals surface area contributed by atoms with Crippen molar-refractivity contribution in [2.45, 2.75) is 18.9 Å². The molecule has 3 N–H and O–H groups in total. The Morgan fingerprint density at radius 3 is 2.39 bits per heavy atom. The number of phenolic OH excluding ortho intramolecular Hbond substituents is 2. The van der Waals surface area contributed by atoms with Gasteiger partial charge in [-0.15, -0.1) is 11.3 Å². The quantitative estimate of drug-likeness (QED) is 0.227. The molecule has 120 valence electrons. The number of piperidine rings is 1. The predicted molar refractivity (Wildman–Crippen MR) is 81.3 cm³/mol. The Kier molecular flexibility index (Phi) is 7.91. The smallest absolute Gasteiger partial charge is 1.00 e. The molecule has 1 aliphatic rings. The molecular weight excluding hydrogens is 464 g/mol. The summed E-state index contributed by atoms with van der Waals surface area (Å²) in [5.74, 6) is -0.671. The molecule has 1 fully saturated rings. The number of phenols is 2. The molecule has 5 nitrogen and oxygen atoms in total. The molecule has 3 rings (SSSR count). The second-order valence-electron chi connectivity index (χ2n) is 5.11. The van der Waals surface area contributed by atoms with Crippen molar-refractivity contribution in [3.05, 3.63) is 22.0 Å². The number of aromatic hydroxyl groups is 2. The summed E-state index contributed by atoms with van der Waals surface area (Å²) in [6.07, 6.45) is 0.784. The molecule has 2 heterocycles. The zero-order valence-electron chi connectivity index (χ0n) is 12.4. The molecule has 1 amide bonds. The van der Waals surface area contributed by atoms with E-state index in [1.54, 1.807) is 4.90 Å². The second-order valence-corrected chi connectivity index (χ2v) is 6.54. The van der Waals surface area contributed by atoms with Gasteiger partial charge < -0.3 is 44.2 Å². The molecule has 1 aliphatic heterocycles. The maximum atomic E-state index is 12.5. The number of nitrogens with zero attached hydrogens (tertiary/aromatic N) is 1. The van der Waals surface area contributed by atoms with Crippen LogP contribution in [0.3, 0.4) is 0 Å². The van der Waals surface area contributed by atoms with Gasteiger partial charge in [-0.05, 0) is 18.9 Å². The van der Waals surface area contributed by atoms with E-state index in [1.807, 2.05) is 0 Å². The molecule has 0 unspecified atom stereocenters. The first kappa shape index (κ1) is 21.3. The zero-order valence-corrected chi connectivity index (χ0v) is 18.2. The van der Waals surface area contributed by atoms with Crippen molar-refractivity contribution in [3.63, 3.8) is 0 Å². The van der Waals surface area contributed by atoms with Gasteiger partial charge in [-0.25, -0.2) is 0 Å². The molecule has 1 aromatic heterocycles. The van der Waals surface area contributed by atoms with Gasteiger partial charge in [0.15, 0.2) is 11.5 Å². The SMILES string of the molecule is O=C(c1sc2cc(O)c(O)cc2c1Cl)N1CCC(O)CC1.[I-].[Na+]. The summed E-state index contributed by atoms with van der Waals surface area (Å²) in [5, 5.41) is 29.4. The minimum absolute atomic E-state index is 0. The van der Waals surface area contributed by atoms with Gasteiger partial charge in [-0.1, -0.05) is 11.6 Å². The van der Waals surface area contributed by atoms with E-state index in [2.05, 4.69) is 0 Å². The molecule has 0 bridgehead atoms. The average Bonchev–Trinajstić information content (AvgIpc) is 2.77. The van der Waals surface area contributed by atoms with Crippen molar-refractivity contribution >= 4 is 38.9 Å². The number of fused-ring (bicyclic) bond motifs is 1. The van der Waals surface area contributed by atoms with Gasteiger partial charge in [0.1, 0.15) is 4.88 Å². The van der Waals surface area contributed by atoms with Crippen molar-refractivity contribution in [2.75, 3.05) is 13.1 Å². The largest absolute Gasteiger partial charge is 1.00 e. The molecule has 0 aliphatic carbocycles. The summed E-state index contributed by atoms with van der Waals surface area (Å²) >= 11 is 7.44. The van der Waals surface area contributed by atoms with Crippen LogP contribution in [0.15, 0.2) is 12.1 Å². The van der Waals surface area contributed by atoms with Gasteiger partial charge in [0.05, 0.1) is 11.1 Å². The number of thiophene rings is 1. The Bertz CT molecular complexity index is 718. The third-order valence-corrected chi connectivity index (χ3v) is 5.32. The third kappa shape index (κ3) is 4.26. The first-order valence-electron chi connectivity index (χ1n) is 6.58. The summed E-state index contributed by atoms with van der Waals surface area (Å²) in [5.41, 5.74) is 0. The molecule has 0 radical (unpaired) electrons. The zero-order chi connectivity index (χ0) is 15.1. The number of benzene rings is 1. The Morgan fingerprint density at radius 2 is 1.78 bits per heavy atom. The maximum absolute atomic E-state index is 12.5. The molecule has 0 atom stereocenters. The number of aliphatic hydroxyl groups excluding tert-OH is 1. The van der Waals surface area contributed by atoms with Gasteiger partial charge in [-0.3, -0.25) is 4.79 Å². The molecule has 0 saturated carbocycles. The van der Waals surface area contributed by atoms with Crippen LogP contribution in [0.2, 0.25) is 5.02 Å². The minimum atomic E-state index is -0.346. The summed E-state index contributed by atoms with van der Waals surface area (Å²) in [6, 6.07) is 2.76. The van der Waals surface area contributed by atoms with Crippen molar-refractivity contribution in [1.82, 2.24) is 4.90 Å². The summed E-state index contributed by atoms with van der Waals surface area (Å²) in [6.45, 7) is 1.00. The summed E-state index contributed by atoms with van der Waals surface area (Å²) in [4.78, 5) is 14.6. The Hall–Kier alpha value is 0.230. The van der Waals surface area contributed by atoms with Crippen LogP contribution in [-0.2, 0) is 0 Å². The maximum Gasteiger partial charge on any atom is 1.00 e. The standard InChI is InChI=1S/C14H14ClNO4S.HI.Na/c15-12-8-5-9(18)10(19)6-11(8)21-13(12)14(20)16-3-1-7(17)2-4-16;;/h5-7,17-19H,1-4H2;1H;/q;;+1/p-1. The first-order valence-corrected chi connectivity index (χ1v) is 7.78. The van der Waals surface area contributed by atoms with Gasteiger partial charge in [0, 0.05) is 29.2 Å². The summed E-state index contributed by atoms with van der Waals surface area (Å²) in [7, 11) is 0. The molecule has 1 aromatic carbocycles. The minimum Gasteiger partial charge on any atom is -1.00 e. The van der Waals surface area contributed by atoms with Crippen LogP contribution < -0.4 is 53.5 Å². The van der Waals surface area contributed by atoms with E-state index in [9.17, 15) is 20.1 Å². The number of likely N-dealkylation sites (tertiary alicyclic amines) is 1. The number of hydrogen-bond acceptors (Lipinski definition) is 5. The fourth-order valence-electron chi connectivity index (χ4n) is 2.44. The number of amides is 1. The van der Waals surface area contributed by atoms with Crippen LogP contribution in [0, 0.1) is 0 Å². The van der Waals surface area contributed by atoms with Gasteiger partial charge in [0.2, 0.25) is 0 Å². The molecule has 2 aromatic rings. The van der Waals surface area contributed by atoms with Crippen molar-refractivity contribution in [1.29, 1.82) is 0 Å². The van der Waals surface area contributed by atoms with Crippen LogP contribution in [0.5, 0.6) is 11.5 Å². The van der Waals surface area contributed by atoms with Crippen LogP contribution in [0.1, 0.15) is 22.5 Å². The number of rotatable bonds is 1. The number of carbonyl (C=O) groups excluding carboxylic acids is 1. The molecule has 1 saturated heterocycles. The average molecular weight is 478 g/mol. The van der Waals surface area contributed by atoms with Crippen molar-refractivity contribution < 1.29 is 73.6 Å². The normalized spacial score (nSPS) is 15.1. The molecular formula is C14H14ClINNaO4S. The molecule has 0 spiro atoms. The topological polar surface area (TPSA) is 81.0 Å².